The number of amides is 1. The third-order valence-electron chi connectivity index (χ3n) is 3.70. The zero-order valence-corrected chi connectivity index (χ0v) is 11.6. The van der Waals surface area contributed by atoms with Gasteiger partial charge in [0.25, 0.3) is 0 Å². The van der Waals surface area contributed by atoms with Crippen molar-refractivity contribution in [3.05, 3.63) is 12.7 Å². The highest BCUT2D eigenvalue weighted by Gasteiger charge is 2.25. The second-order valence-corrected chi connectivity index (χ2v) is 5.04. The van der Waals surface area contributed by atoms with Gasteiger partial charge in [-0.3, -0.25) is 9.48 Å². The number of hydrogen-bond acceptors (Lipinski definition) is 4. The minimum absolute atomic E-state index is 0.247. The number of aromatic nitrogens is 3. The number of likely N-dealkylation sites (tertiary alicyclic amines) is 1. The van der Waals surface area contributed by atoms with Crippen molar-refractivity contribution in [3.8, 4) is 0 Å². The maximum atomic E-state index is 12.3. The number of nitrogens with one attached hydrogen (secondary N) is 1. The van der Waals surface area contributed by atoms with Crippen LogP contribution in [0.25, 0.3) is 0 Å². The molecule has 6 heteroatoms. The van der Waals surface area contributed by atoms with Crippen LogP contribution in [0.4, 0.5) is 0 Å². The summed E-state index contributed by atoms with van der Waals surface area (Å²) in [7, 11) is 1.96. The van der Waals surface area contributed by atoms with E-state index in [9.17, 15) is 4.79 Å². The molecule has 1 aliphatic rings. The fourth-order valence-corrected chi connectivity index (χ4v) is 2.64. The molecule has 1 N–H and O–H groups in total. The number of nitrogens with zero attached hydrogens (tertiary/aromatic N) is 4. The van der Waals surface area contributed by atoms with Crippen LogP contribution in [0.5, 0.6) is 0 Å². The molecule has 1 amide bonds. The standard InChI is InChI=1S/C13H23N5O/c1-14-7-5-12-4-2-3-8-18(12)13(19)6-9-17-11-15-10-16-17/h10-12,14H,2-9H2,1H3. The number of hydrogen-bond donors (Lipinski definition) is 1. The highest BCUT2D eigenvalue weighted by atomic mass is 16.2. The highest BCUT2D eigenvalue weighted by molar-refractivity contribution is 5.76. The van der Waals surface area contributed by atoms with Crippen LogP contribution in [-0.2, 0) is 11.3 Å². The Bertz CT molecular complexity index is 378. The molecule has 6 nitrogen and oxygen atoms in total. The lowest BCUT2D eigenvalue weighted by Crippen LogP contribution is -2.45. The van der Waals surface area contributed by atoms with E-state index in [-0.39, 0.29) is 5.91 Å². The fraction of sp³-hybridized carbons (Fsp3) is 0.769. The van der Waals surface area contributed by atoms with Crippen molar-refractivity contribution in [3.63, 3.8) is 0 Å². The van der Waals surface area contributed by atoms with E-state index in [2.05, 4.69) is 20.3 Å². The molecule has 0 aliphatic carbocycles. The molecule has 1 aliphatic heterocycles. The van der Waals surface area contributed by atoms with Crippen molar-refractivity contribution in [1.29, 1.82) is 0 Å². The monoisotopic (exact) mass is 265 g/mol. The Hall–Kier alpha value is -1.43. The first-order valence-electron chi connectivity index (χ1n) is 7.07. The molecule has 2 heterocycles. The molecule has 1 fully saturated rings. The van der Waals surface area contributed by atoms with Crippen molar-refractivity contribution < 1.29 is 4.79 Å². The predicted octanol–water partition coefficient (Wildman–Crippen LogP) is 0.659. The van der Waals surface area contributed by atoms with E-state index in [1.54, 1.807) is 11.0 Å². The summed E-state index contributed by atoms with van der Waals surface area (Å²) in [5.74, 6) is 0.247. The van der Waals surface area contributed by atoms with E-state index in [4.69, 9.17) is 0 Å². The molecule has 0 saturated carbocycles. The Labute approximate surface area is 114 Å². The molecule has 0 aromatic carbocycles. The van der Waals surface area contributed by atoms with Gasteiger partial charge in [0.2, 0.25) is 5.91 Å². The Kier molecular flexibility index (Phi) is 5.32. The molecule has 1 aromatic heterocycles. The molecule has 1 aromatic rings. The minimum Gasteiger partial charge on any atom is -0.340 e. The maximum Gasteiger partial charge on any atom is 0.224 e. The Morgan fingerprint density at radius 2 is 2.37 bits per heavy atom. The lowest BCUT2D eigenvalue weighted by atomic mass is 9.99. The van der Waals surface area contributed by atoms with Crippen LogP contribution in [0.1, 0.15) is 32.1 Å². The molecule has 0 bridgehead atoms. The Balaban J connectivity index is 1.84. The summed E-state index contributed by atoms with van der Waals surface area (Å²) >= 11 is 0. The number of piperidine rings is 1. The van der Waals surface area contributed by atoms with Gasteiger partial charge in [0, 0.05) is 19.0 Å². The normalized spacial score (nSPS) is 19.6. The van der Waals surface area contributed by atoms with E-state index in [1.807, 2.05) is 7.05 Å². The summed E-state index contributed by atoms with van der Waals surface area (Å²) in [6, 6.07) is 0.407. The Morgan fingerprint density at radius 3 is 3.11 bits per heavy atom. The minimum atomic E-state index is 0.247. The topological polar surface area (TPSA) is 63.1 Å². The van der Waals surface area contributed by atoms with E-state index in [0.717, 1.165) is 32.4 Å². The number of aryl methyl sites for hydroxylation is 1. The average molecular weight is 265 g/mol. The first-order valence-corrected chi connectivity index (χ1v) is 7.07. The van der Waals surface area contributed by atoms with Gasteiger partial charge in [-0.1, -0.05) is 0 Å². The molecule has 106 valence electrons. The van der Waals surface area contributed by atoms with Crippen LogP contribution >= 0.6 is 0 Å². The van der Waals surface area contributed by atoms with E-state index in [1.165, 1.54) is 12.7 Å². The van der Waals surface area contributed by atoms with Crippen LogP contribution in [0.3, 0.4) is 0 Å². The summed E-state index contributed by atoms with van der Waals surface area (Å²) in [5, 5.41) is 7.20. The highest BCUT2D eigenvalue weighted by Crippen LogP contribution is 2.20. The fourth-order valence-electron chi connectivity index (χ4n) is 2.64. The third-order valence-corrected chi connectivity index (χ3v) is 3.70. The van der Waals surface area contributed by atoms with Crippen molar-refractivity contribution >= 4 is 5.91 Å². The van der Waals surface area contributed by atoms with Crippen LogP contribution in [0, 0.1) is 0 Å². The average Bonchev–Trinajstić information content (AvgIpc) is 2.96. The second kappa shape index (κ2) is 7.23. The van der Waals surface area contributed by atoms with Crippen molar-refractivity contribution in [2.24, 2.45) is 0 Å². The largest absolute Gasteiger partial charge is 0.340 e. The molecule has 19 heavy (non-hydrogen) atoms. The van der Waals surface area contributed by atoms with Gasteiger partial charge in [-0.15, -0.1) is 0 Å². The predicted molar refractivity (Wildman–Crippen MR) is 72.5 cm³/mol. The Morgan fingerprint density at radius 1 is 1.47 bits per heavy atom. The zero-order valence-electron chi connectivity index (χ0n) is 11.6. The van der Waals surface area contributed by atoms with Crippen LogP contribution in [0.2, 0.25) is 0 Å². The van der Waals surface area contributed by atoms with Gasteiger partial charge < -0.3 is 10.2 Å². The van der Waals surface area contributed by atoms with Gasteiger partial charge in [-0.05, 0) is 39.3 Å². The molecule has 0 radical (unpaired) electrons. The molecular weight excluding hydrogens is 242 g/mol. The van der Waals surface area contributed by atoms with Crippen molar-refractivity contribution in [2.45, 2.75) is 44.7 Å². The van der Waals surface area contributed by atoms with E-state index in [0.29, 0.717) is 19.0 Å². The molecule has 1 saturated heterocycles. The summed E-state index contributed by atoms with van der Waals surface area (Å²) in [6.45, 7) is 2.50. The second-order valence-electron chi connectivity index (χ2n) is 5.04. The van der Waals surface area contributed by atoms with E-state index < -0.39 is 0 Å². The van der Waals surface area contributed by atoms with Gasteiger partial charge in [0.05, 0.1) is 6.54 Å². The smallest absolute Gasteiger partial charge is 0.224 e. The lowest BCUT2D eigenvalue weighted by Gasteiger charge is -2.36. The summed E-state index contributed by atoms with van der Waals surface area (Å²) in [4.78, 5) is 18.3. The van der Waals surface area contributed by atoms with Crippen LogP contribution in [-0.4, -0.2) is 51.8 Å². The molecule has 0 spiro atoms. The summed E-state index contributed by atoms with van der Waals surface area (Å²) in [6.07, 6.45) is 8.22. The van der Waals surface area contributed by atoms with Crippen molar-refractivity contribution in [2.75, 3.05) is 20.1 Å². The SMILES string of the molecule is CNCCC1CCCCN1C(=O)CCn1cncn1. The summed E-state index contributed by atoms with van der Waals surface area (Å²) < 4.78 is 1.71. The maximum absolute atomic E-state index is 12.3. The van der Waals surface area contributed by atoms with Crippen molar-refractivity contribution in [1.82, 2.24) is 25.0 Å². The number of carbonyl (C=O) groups is 1. The zero-order chi connectivity index (χ0) is 13.5. The van der Waals surface area contributed by atoms with Gasteiger partial charge in [-0.25, -0.2) is 4.98 Å². The third kappa shape index (κ3) is 4.02. The van der Waals surface area contributed by atoms with Gasteiger partial charge in [0.15, 0.2) is 0 Å². The van der Waals surface area contributed by atoms with Gasteiger partial charge in [0.1, 0.15) is 12.7 Å². The van der Waals surface area contributed by atoms with E-state index >= 15 is 0 Å². The number of rotatable bonds is 6. The number of carbonyl (C=O) groups excluding carboxylic acids is 1. The molecule has 2 rings (SSSR count). The first kappa shape index (κ1) is 14.0. The lowest BCUT2D eigenvalue weighted by molar-refractivity contribution is -0.135. The first-order chi connectivity index (χ1) is 9.31. The van der Waals surface area contributed by atoms with Gasteiger partial charge >= 0.3 is 0 Å². The molecule has 1 unspecified atom stereocenters. The van der Waals surface area contributed by atoms with Crippen LogP contribution < -0.4 is 5.32 Å². The molecule has 1 atom stereocenters. The van der Waals surface area contributed by atoms with Crippen LogP contribution in [0.15, 0.2) is 12.7 Å². The van der Waals surface area contributed by atoms with Gasteiger partial charge in [-0.2, -0.15) is 5.10 Å². The quantitative estimate of drug-likeness (QED) is 0.820. The molecular formula is C13H23N5O. The summed E-state index contributed by atoms with van der Waals surface area (Å²) in [5.41, 5.74) is 0.